The van der Waals surface area contributed by atoms with Crippen molar-refractivity contribution in [1.82, 2.24) is 20.7 Å². The Bertz CT molecular complexity index is 520. The Balaban J connectivity index is 1.49. The maximum atomic E-state index is 11.9. The Morgan fingerprint density at radius 2 is 1.10 bits per heavy atom. The summed E-state index contributed by atoms with van der Waals surface area (Å²) in [6.45, 7) is 10.6. The number of rotatable bonds is 10. The normalized spacial score (nSPS) is 18.4. The van der Waals surface area contributed by atoms with Gasteiger partial charge in [0.05, 0.1) is 0 Å². The second-order valence-electron chi connectivity index (χ2n) is 7.86. The van der Waals surface area contributed by atoms with Crippen molar-refractivity contribution in [2.24, 2.45) is 10.2 Å². The quantitative estimate of drug-likeness (QED) is 0.430. The minimum atomic E-state index is -0.0373. The molecule has 29 heavy (non-hydrogen) atoms. The van der Waals surface area contributed by atoms with E-state index in [1.165, 1.54) is 0 Å². The van der Waals surface area contributed by atoms with E-state index in [-0.39, 0.29) is 11.8 Å². The van der Waals surface area contributed by atoms with Gasteiger partial charge < -0.3 is 9.80 Å². The van der Waals surface area contributed by atoms with Gasteiger partial charge in [0.1, 0.15) is 0 Å². The molecule has 0 atom stereocenters. The summed E-state index contributed by atoms with van der Waals surface area (Å²) < 4.78 is 0. The molecule has 2 saturated heterocycles. The highest BCUT2D eigenvalue weighted by molar-refractivity contribution is 5.87. The molecular formula is C21H38N6O2. The van der Waals surface area contributed by atoms with Crippen LogP contribution in [0.2, 0.25) is 0 Å². The van der Waals surface area contributed by atoms with Crippen molar-refractivity contribution in [1.29, 1.82) is 0 Å². The first-order chi connectivity index (χ1) is 14.1. The Hall–Kier alpha value is -1.80. The Morgan fingerprint density at radius 1 is 0.724 bits per heavy atom. The van der Waals surface area contributed by atoms with Crippen LogP contribution >= 0.6 is 0 Å². The molecule has 2 N–H and O–H groups in total. The maximum Gasteiger partial charge on any atom is 0.240 e. The summed E-state index contributed by atoms with van der Waals surface area (Å²) in [4.78, 5) is 28.6. The van der Waals surface area contributed by atoms with Crippen molar-refractivity contribution in [3.05, 3.63) is 0 Å². The standard InChI is InChI=1S/C21H38N6O2/c1-3-26-14-10-18(11-15-26)22-24-20(28)8-6-5-7-9-21(29)25-23-19-12-16-27(4-2)17-13-19/h3-17H2,1-2H3,(H,24,28)(H,25,29). The summed E-state index contributed by atoms with van der Waals surface area (Å²) in [7, 11) is 0. The molecule has 0 aromatic heterocycles. The smallest absolute Gasteiger partial charge is 0.240 e. The number of piperidine rings is 2. The van der Waals surface area contributed by atoms with E-state index in [9.17, 15) is 9.59 Å². The molecule has 0 bridgehead atoms. The van der Waals surface area contributed by atoms with Gasteiger partial charge in [0, 0.05) is 76.1 Å². The molecule has 2 amide bonds. The van der Waals surface area contributed by atoms with E-state index >= 15 is 0 Å². The molecule has 2 aliphatic rings. The van der Waals surface area contributed by atoms with Crippen molar-refractivity contribution in [3.8, 4) is 0 Å². The zero-order valence-electron chi connectivity index (χ0n) is 18.2. The molecule has 164 valence electrons. The molecule has 8 heteroatoms. The van der Waals surface area contributed by atoms with Crippen LogP contribution in [0.1, 0.15) is 71.6 Å². The number of carbonyl (C=O) groups excluding carboxylic acids is 2. The van der Waals surface area contributed by atoms with E-state index in [0.717, 1.165) is 95.6 Å². The van der Waals surface area contributed by atoms with Crippen LogP contribution in [0.25, 0.3) is 0 Å². The predicted octanol–water partition coefficient (Wildman–Crippen LogP) is 2.11. The van der Waals surface area contributed by atoms with Gasteiger partial charge in [-0.2, -0.15) is 10.2 Å². The molecule has 2 rings (SSSR count). The number of likely N-dealkylation sites (tertiary alicyclic amines) is 2. The van der Waals surface area contributed by atoms with Crippen LogP contribution in [0, 0.1) is 0 Å². The molecule has 0 aromatic carbocycles. The summed E-state index contributed by atoms with van der Waals surface area (Å²) >= 11 is 0. The van der Waals surface area contributed by atoms with Gasteiger partial charge in [0.25, 0.3) is 0 Å². The minimum Gasteiger partial charge on any atom is -0.303 e. The van der Waals surface area contributed by atoms with E-state index in [1.54, 1.807) is 0 Å². The van der Waals surface area contributed by atoms with E-state index in [0.29, 0.717) is 12.8 Å². The molecule has 8 nitrogen and oxygen atoms in total. The zero-order valence-corrected chi connectivity index (χ0v) is 18.2. The highest BCUT2D eigenvalue weighted by atomic mass is 16.2. The van der Waals surface area contributed by atoms with E-state index in [4.69, 9.17) is 0 Å². The summed E-state index contributed by atoms with van der Waals surface area (Å²) in [6, 6.07) is 0. The molecule has 0 spiro atoms. The summed E-state index contributed by atoms with van der Waals surface area (Å²) in [5, 5.41) is 8.53. The lowest BCUT2D eigenvalue weighted by Crippen LogP contribution is -2.34. The maximum absolute atomic E-state index is 11.9. The summed E-state index contributed by atoms with van der Waals surface area (Å²) in [6.07, 6.45) is 7.05. The molecule has 2 aliphatic heterocycles. The number of hydrogen-bond acceptors (Lipinski definition) is 6. The lowest BCUT2D eigenvalue weighted by molar-refractivity contribution is -0.121. The predicted molar refractivity (Wildman–Crippen MR) is 117 cm³/mol. The van der Waals surface area contributed by atoms with Gasteiger partial charge in [-0.15, -0.1) is 0 Å². The fraction of sp³-hybridized carbons (Fsp3) is 0.810. The van der Waals surface area contributed by atoms with Crippen LogP contribution in [0.5, 0.6) is 0 Å². The van der Waals surface area contributed by atoms with E-state index in [2.05, 4.69) is 44.7 Å². The lowest BCUT2D eigenvalue weighted by Gasteiger charge is -2.25. The number of amides is 2. The average Bonchev–Trinajstić information content (AvgIpc) is 2.76. The van der Waals surface area contributed by atoms with Crippen LogP contribution < -0.4 is 10.9 Å². The molecule has 0 saturated carbocycles. The van der Waals surface area contributed by atoms with E-state index < -0.39 is 0 Å². The second-order valence-corrected chi connectivity index (χ2v) is 7.86. The third kappa shape index (κ3) is 9.49. The van der Waals surface area contributed by atoms with Gasteiger partial charge in [0.2, 0.25) is 11.8 Å². The second kappa shape index (κ2) is 13.4. The molecule has 2 fully saturated rings. The van der Waals surface area contributed by atoms with E-state index in [1.807, 2.05) is 0 Å². The van der Waals surface area contributed by atoms with Crippen LogP contribution in [-0.2, 0) is 9.59 Å². The first-order valence-electron chi connectivity index (χ1n) is 11.2. The molecule has 0 aromatic rings. The van der Waals surface area contributed by atoms with Gasteiger partial charge >= 0.3 is 0 Å². The number of carbonyl (C=O) groups is 2. The molecular weight excluding hydrogens is 368 g/mol. The van der Waals surface area contributed by atoms with Gasteiger partial charge in [-0.1, -0.05) is 20.3 Å². The molecule has 0 aliphatic carbocycles. The number of unbranched alkanes of at least 4 members (excludes halogenated alkanes) is 2. The minimum absolute atomic E-state index is 0.0373. The third-order valence-corrected chi connectivity index (χ3v) is 5.75. The molecule has 0 unspecified atom stereocenters. The third-order valence-electron chi connectivity index (χ3n) is 5.75. The SMILES string of the molecule is CCN1CCC(=NNC(=O)CCCCCC(=O)NN=C2CCN(CC)CC2)CC1. The number of hydrazone groups is 2. The van der Waals surface area contributed by atoms with Crippen molar-refractivity contribution in [3.63, 3.8) is 0 Å². The summed E-state index contributed by atoms with van der Waals surface area (Å²) in [5.74, 6) is -0.0746. The largest absolute Gasteiger partial charge is 0.303 e. The lowest BCUT2D eigenvalue weighted by atomic mass is 10.1. The van der Waals surface area contributed by atoms with Gasteiger partial charge in [-0.3, -0.25) is 9.59 Å². The Morgan fingerprint density at radius 3 is 1.45 bits per heavy atom. The first-order valence-corrected chi connectivity index (χ1v) is 11.2. The van der Waals surface area contributed by atoms with Gasteiger partial charge in [-0.05, 0) is 25.9 Å². The van der Waals surface area contributed by atoms with Crippen molar-refractivity contribution < 1.29 is 9.59 Å². The van der Waals surface area contributed by atoms with Crippen LogP contribution in [0.4, 0.5) is 0 Å². The highest BCUT2D eigenvalue weighted by Gasteiger charge is 2.14. The zero-order chi connectivity index (χ0) is 20.9. The fourth-order valence-electron chi connectivity index (χ4n) is 3.62. The monoisotopic (exact) mass is 406 g/mol. The number of nitrogens with one attached hydrogen (secondary N) is 2. The highest BCUT2D eigenvalue weighted by Crippen LogP contribution is 2.08. The first kappa shape index (κ1) is 23.5. The summed E-state index contributed by atoms with van der Waals surface area (Å²) in [5.41, 5.74) is 7.53. The van der Waals surface area contributed by atoms with Gasteiger partial charge in [-0.25, -0.2) is 10.9 Å². The average molecular weight is 407 g/mol. The number of nitrogens with zero attached hydrogens (tertiary/aromatic N) is 4. The topological polar surface area (TPSA) is 89.4 Å². The van der Waals surface area contributed by atoms with Crippen molar-refractivity contribution >= 4 is 23.2 Å². The molecule has 0 radical (unpaired) electrons. The van der Waals surface area contributed by atoms with Crippen molar-refractivity contribution in [2.75, 3.05) is 39.3 Å². The Labute approximate surface area is 175 Å². The number of hydrogen-bond donors (Lipinski definition) is 2. The van der Waals surface area contributed by atoms with Crippen molar-refractivity contribution in [2.45, 2.75) is 71.6 Å². The fourth-order valence-corrected chi connectivity index (χ4v) is 3.62. The van der Waals surface area contributed by atoms with Crippen LogP contribution in [0.3, 0.4) is 0 Å². The van der Waals surface area contributed by atoms with Crippen LogP contribution in [0.15, 0.2) is 10.2 Å². The Kier molecular flexibility index (Phi) is 10.9. The molecule has 2 heterocycles. The van der Waals surface area contributed by atoms with Gasteiger partial charge in [0.15, 0.2) is 0 Å². The van der Waals surface area contributed by atoms with Crippen LogP contribution in [-0.4, -0.2) is 72.3 Å².